The Balaban J connectivity index is 3.23. The number of aryl methyl sites for hydroxylation is 1. The second-order valence-electron chi connectivity index (χ2n) is 3.20. The Hall–Kier alpha value is -1.62. The number of pyridine rings is 1. The summed E-state index contributed by atoms with van der Waals surface area (Å²) in [6.45, 7) is 0. The van der Waals surface area contributed by atoms with Crippen LogP contribution in [0.25, 0.3) is 11.0 Å². The van der Waals surface area contributed by atoms with Gasteiger partial charge in [0.15, 0.2) is 5.65 Å². The summed E-state index contributed by atoms with van der Waals surface area (Å²) in [7, 11) is 2.96. The Morgan fingerprint density at radius 1 is 1.27 bits per heavy atom. The van der Waals surface area contributed by atoms with E-state index in [1.165, 1.54) is 23.9 Å². The number of fused-ring (bicyclic) bond motifs is 1. The van der Waals surface area contributed by atoms with E-state index in [0.29, 0.717) is 10.7 Å². The molecule has 0 saturated heterocycles. The smallest absolute Gasteiger partial charge is 0.280 e. The van der Waals surface area contributed by atoms with E-state index in [1.54, 1.807) is 7.05 Å². The monoisotopic (exact) mass is 225 g/mol. The molecule has 2 rings (SSSR count). The number of hydrogen-bond donors (Lipinski definition) is 0. The van der Waals surface area contributed by atoms with E-state index in [9.17, 15) is 9.59 Å². The second kappa shape index (κ2) is 3.20. The summed E-state index contributed by atoms with van der Waals surface area (Å²) in [5, 5.41) is 0.569. The van der Waals surface area contributed by atoms with Crippen LogP contribution in [0.1, 0.15) is 0 Å². The van der Waals surface area contributed by atoms with Gasteiger partial charge >= 0.3 is 5.69 Å². The largest absolute Gasteiger partial charge is 0.332 e. The molecule has 0 unspecified atom stereocenters. The predicted molar refractivity (Wildman–Crippen MR) is 57.2 cm³/mol. The zero-order chi connectivity index (χ0) is 11.2. The molecule has 0 aromatic carbocycles. The molecule has 0 fully saturated rings. The zero-order valence-electron chi connectivity index (χ0n) is 8.19. The molecule has 0 amide bonds. The fraction of sp³-hybridized carbons (Fsp3) is 0.222. The van der Waals surface area contributed by atoms with Crippen LogP contribution in [0.3, 0.4) is 0 Å². The molecule has 78 valence electrons. The van der Waals surface area contributed by atoms with E-state index >= 15 is 0 Å². The van der Waals surface area contributed by atoms with Crippen LogP contribution in [0.15, 0.2) is 21.9 Å². The highest BCUT2D eigenvalue weighted by molar-refractivity contribution is 6.35. The van der Waals surface area contributed by atoms with Gasteiger partial charge in [-0.3, -0.25) is 13.9 Å². The third-order valence-electron chi connectivity index (χ3n) is 2.29. The van der Waals surface area contributed by atoms with Gasteiger partial charge in [0.05, 0.1) is 5.02 Å². The quantitative estimate of drug-likeness (QED) is 0.647. The standard InChI is InChI=1S/C9H8ClN3O2/c1-12-7-6(5(10)3-4-11-7)8(14)13(2)9(12)15/h3-4H,1-2H3. The van der Waals surface area contributed by atoms with Gasteiger partial charge in [-0.2, -0.15) is 0 Å². The molecule has 0 aliphatic heterocycles. The van der Waals surface area contributed by atoms with Crippen LogP contribution < -0.4 is 11.2 Å². The summed E-state index contributed by atoms with van der Waals surface area (Å²) in [5.74, 6) is 0. The van der Waals surface area contributed by atoms with Crippen molar-refractivity contribution in [1.82, 2.24) is 14.1 Å². The number of halogens is 1. The van der Waals surface area contributed by atoms with Gasteiger partial charge in [-0.15, -0.1) is 0 Å². The van der Waals surface area contributed by atoms with Crippen LogP contribution in [0, 0.1) is 0 Å². The predicted octanol–water partition coefficient (Wildman–Crippen LogP) is 0.286. The van der Waals surface area contributed by atoms with Gasteiger partial charge in [-0.1, -0.05) is 11.6 Å². The Bertz CT molecular complexity index is 657. The Morgan fingerprint density at radius 3 is 2.60 bits per heavy atom. The lowest BCUT2D eigenvalue weighted by Crippen LogP contribution is -2.37. The fourth-order valence-electron chi connectivity index (χ4n) is 1.45. The molecule has 6 heteroatoms. The Morgan fingerprint density at radius 2 is 1.93 bits per heavy atom. The maximum Gasteiger partial charge on any atom is 0.332 e. The van der Waals surface area contributed by atoms with Crippen LogP contribution in [0.4, 0.5) is 0 Å². The average molecular weight is 226 g/mol. The van der Waals surface area contributed by atoms with Crippen molar-refractivity contribution in [1.29, 1.82) is 0 Å². The molecule has 0 aliphatic rings. The van der Waals surface area contributed by atoms with E-state index in [-0.39, 0.29) is 5.39 Å². The summed E-state index contributed by atoms with van der Waals surface area (Å²) >= 11 is 5.89. The summed E-state index contributed by atoms with van der Waals surface area (Å²) in [5.41, 5.74) is -0.538. The lowest BCUT2D eigenvalue weighted by molar-refractivity contribution is 0.707. The SMILES string of the molecule is Cn1c(=O)c2c(Cl)ccnc2n(C)c1=O. The number of rotatable bonds is 0. The van der Waals surface area contributed by atoms with Gasteiger partial charge in [0.25, 0.3) is 5.56 Å². The molecule has 2 heterocycles. The molecule has 2 aromatic heterocycles. The van der Waals surface area contributed by atoms with Crippen molar-refractivity contribution in [2.45, 2.75) is 0 Å². The van der Waals surface area contributed by atoms with Crippen LogP contribution >= 0.6 is 11.6 Å². The van der Waals surface area contributed by atoms with Crippen molar-refractivity contribution >= 4 is 22.6 Å². The van der Waals surface area contributed by atoms with Gasteiger partial charge in [0.2, 0.25) is 0 Å². The van der Waals surface area contributed by atoms with Crippen LogP contribution in [-0.4, -0.2) is 14.1 Å². The second-order valence-corrected chi connectivity index (χ2v) is 3.60. The van der Waals surface area contributed by atoms with Gasteiger partial charge in [-0.05, 0) is 6.07 Å². The Kier molecular flexibility index (Phi) is 2.12. The average Bonchev–Trinajstić information content (AvgIpc) is 2.23. The van der Waals surface area contributed by atoms with Crippen molar-refractivity contribution in [3.8, 4) is 0 Å². The first-order chi connectivity index (χ1) is 7.04. The topological polar surface area (TPSA) is 56.9 Å². The lowest BCUT2D eigenvalue weighted by Gasteiger charge is -2.06. The van der Waals surface area contributed by atoms with Crippen molar-refractivity contribution in [2.24, 2.45) is 14.1 Å². The third-order valence-corrected chi connectivity index (χ3v) is 2.61. The normalized spacial score (nSPS) is 10.9. The first-order valence-corrected chi connectivity index (χ1v) is 4.62. The fourth-order valence-corrected chi connectivity index (χ4v) is 1.67. The maximum absolute atomic E-state index is 11.7. The summed E-state index contributed by atoms with van der Waals surface area (Å²) in [4.78, 5) is 27.3. The minimum atomic E-state index is -0.425. The summed E-state index contributed by atoms with van der Waals surface area (Å²) in [6.07, 6.45) is 1.46. The lowest BCUT2D eigenvalue weighted by atomic mass is 10.3. The van der Waals surface area contributed by atoms with E-state index < -0.39 is 11.2 Å². The maximum atomic E-state index is 11.7. The van der Waals surface area contributed by atoms with Crippen LogP contribution in [-0.2, 0) is 14.1 Å². The van der Waals surface area contributed by atoms with Crippen molar-refractivity contribution in [2.75, 3.05) is 0 Å². The van der Waals surface area contributed by atoms with E-state index in [2.05, 4.69) is 4.98 Å². The van der Waals surface area contributed by atoms with E-state index in [1.807, 2.05) is 0 Å². The minimum absolute atomic E-state index is 0.267. The highest BCUT2D eigenvalue weighted by Gasteiger charge is 2.11. The third kappa shape index (κ3) is 1.27. The van der Waals surface area contributed by atoms with Crippen molar-refractivity contribution in [3.63, 3.8) is 0 Å². The number of hydrogen-bond acceptors (Lipinski definition) is 3. The number of aromatic nitrogens is 3. The first kappa shape index (κ1) is 9.92. The molecule has 0 atom stereocenters. The van der Waals surface area contributed by atoms with E-state index in [0.717, 1.165) is 4.57 Å². The van der Waals surface area contributed by atoms with Crippen molar-refractivity contribution < 1.29 is 0 Å². The molecule has 0 radical (unpaired) electrons. The molecule has 15 heavy (non-hydrogen) atoms. The van der Waals surface area contributed by atoms with E-state index in [4.69, 9.17) is 11.6 Å². The first-order valence-electron chi connectivity index (χ1n) is 4.24. The Labute approximate surface area is 89.5 Å². The number of nitrogens with zero attached hydrogens (tertiary/aromatic N) is 3. The molecule has 5 nitrogen and oxygen atoms in total. The zero-order valence-corrected chi connectivity index (χ0v) is 8.95. The van der Waals surface area contributed by atoms with Crippen LogP contribution in [0.2, 0.25) is 5.02 Å². The summed E-state index contributed by atoms with van der Waals surface area (Å²) < 4.78 is 2.30. The molecule has 2 aromatic rings. The minimum Gasteiger partial charge on any atom is -0.280 e. The molecule has 0 aliphatic carbocycles. The molecular weight excluding hydrogens is 218 g/mol. The van der Waals surface area contributed by atoms with Gasteiger partial charge < -0.3 is 0 Å². The molecular formula is C9H8ClN3O2. The highest BCUT2D eigenvalue weighted by Crippen LogP contribution is 2.15. The molecule has 0 N–H and O–H groups in total. The summed E-state index contributed by atoms with van der Waals surface area (Å²) in [6, 6.07) is 1.52. The van der Waals surface area contributed by atoms with Crippen LogP contribution in [0.5, 0.6) is 0 Å². The van der Waals surface area contributed by atoms with Gasteiger partial charge in [0, 0.05) is 20.3 Å². The van der Waals surface area contributed by atoms with Gasteiger partial charge in [0.1, 0.15) is 5.39 Å². The molecule has 0 spiro atoms. The van der Waals surface area contributed by atoms with Crippen molar-refractivity contribution in [3.05, 3.63) is 38.1 Å². The molecule has 0 bridgehead atoms. The highest BCUT2D eigenvalue weighted by atomic mass is 35.5. The van der Waals surface area contributed by atoms with Gasteiger partial charge in [-0.25, -0.2) is 9.78 Å². The molecule has 0 saturated carbocycles.